The van der Waals surface area contributed by atoms with Gasteiger partial charge in [0.05, 0.1) is 11.1 Å². The van der Waals surface area contributed by atoms with E-state index in [0.29, 0.717) is 35.7 Å². The number of hydrogen-bond donors (Lipinski definition) is 2. The molecule has 0 unspecified atom stereocenters. The summed E-state index contributed by atoms with van der Waals surface area (Å²) in [7, 11) is 0. The molecule has 0 radical (unpaired) electrons. The van der Waals surface area contributed by atoms with Gasteiger partial charge in [-0.1, -0.05) is 12.1 Å². The molecule has 2 aliphatic rings. The van der Waals surface area contributed by atoms with E-state index >= 15 is 0 Å². The Morgan fingerprint density at radius 3 is 2.77 bits per heavy atom. The van der Waals surface area contributed by atoms with Crippen LogP contribution in [0.5, 0.6) is 5.75 Å². The van der Waals surface area contributed by atoms with Crippen LogP contribution < -0.4 is 15.4 Å². The molecular weight excluding hydrogens is 442 g/mol. The summed E-state index contributed by atoms with van der Waals surface area (Å²) in [5.74, 6) is 1.55. The SMILES string of the molecule is Cc1nnc(-c2cc(C3(NC(=O)c4cc(OC[C@@H]5CCN5)ccc4C)CC3)c3cccnc3c2)o1. The van der Waals surface area contributed by atoms with Crippen LogP contribution >= 0.6 is 0 Å². The summed E-state index contributed by atoms with van der Waals surface area (Å²) < 4.78 is 11.6. The first-order valence-corrected chi connectivity index (χ1v) is 12.0. The lowest BCUT2D eigenvalue weighted by molar-refractivity contribution is 0.0930. The highest BCUT2D eigenvalue weighted by atomic mass is 16.5. The molecule has 35 heavy (non-hydrogen) atoms. The van der Waals surface area contributed by atoms with Crippen LogP contribution in [0.1, 0.15) is 46.6 Å². The lowest BCUT2D eigenvalue weighted by Crippen LogP contribution is -2.46. The molecular formula is C27H27N5O3. The van der Waals surface area contributed by atoms with Crippen LogP contribution in [0.2, 0.25) is 0 Å². The van der Waals surface area contributed by atoms with Crippen LogP contribution in [0, 0.1) is 13.8 Å². The maximum Gasteiger partial charge on any atom is 0.252 e. The summed E-state index contributed by atoms with van der Waals surface area (Å²) in [6.07, 6.45) is 4.57. The fourth-order valence-electron chi connectivity index (χ4n) is 4.61. The highest BCUT2D eigenvalue weighted by Crippen LogP contribution is 2.49. The molecule has 1 amide bonds. The van der Waals surface area contributed by atoms with E-state index in [1.165, 1.54) is 0 Å². The predicted molar refractivity (Wildman–Crippen MR) is 131 cm³/mol. The fourth-order valence-corrected chi connectivity index (χ4v) is 4.61. The molecule has 2 N–H and O–H groups in total. The second-order valence-electron chi connectivity index (χ2n) is 9.48. The van der Waals surface area contributed by atoms with Crippen molar-refractivity contribution in [3.8, 4) is 17.2 Å². The molecule has 8 heteroatoms. The zero-order valence-corrected chi connectivity index (χ0v) is 19.8. The zero-order valence-electron chi connectivity index (χ0n) is 19.8. The van der Waals surface area contributed by atoms with Gasteiger partial charge in [-0.15, -0.1) is 10.2 Å². The normalized spacial score (nSPS) is 18.2. The molecule has 8 nitrogen and oxygen atoms in total. The molecule has 2 aromatic heterocycles. The molecule has 1 aliphatic heterocycles. The van der Waals surface area contributed by atoms with Crippen molar-refractivity contribution in [3.05, 3.63) is 71.2 Å². The van der Waals surface area contributed by atoms with Gasteiger partial charge in [0.2, 0.25) is 11.8 Å². The Balaban J connectivity index is 1.31. The monoisotopic (exact) mass is 469 g/mol. The predicted octanol–water partition coefficient (Wildman–Crippen LogP) is 4.06. The number of pyridine rings is 1. The van der Waals surface area contributed by atoms with Crippen LogP contribution in [-0.2, 0) is 5.54 Å². The van der Waals surface area contributed by atoms with Gasteiger partial charge in [-0.05, 0) is 74.2 Å². The molecule has 0 spiro atoms. The molecule has 4 aromatic rings. The summed E-state index contributed by atoms with van der Waals surface area (Å²) >= 11 is 0. The third kappa shape index (κ3) is 4.14. The van der Waals surface area contributed by atoms with Gasteiger partial charge >= 0.3 is 0 Å². The molecule has 1 saturated carbocycles. The van der Waals surface area contributed by atoms with E-state index in [0.717, 1.165) is 53.4 Å². The van der Waals surface area contributed by atoms with Gasteiger partial charge in [0.1, 0.15) is 12.4 Å². The fraction of sp³-hybridized carbons (Fsp3) is 0.333. The standard InChI is InChI=1S/C27H27N5O3/c1-16-5-6-20(34-15-19-7-11-28-19)14-22(16)25(33)30-27(8-9-27)23-12-18(26-32-31-17(2)35-26)13-24-21(23)4-3-10-29-24/h3-6,10,12-14,19,28H,7-9,11,15H2,1-2H3,(H,30,33)/t19-/m0/s1. The number of nitrogens with one attached hydrogen (secondary N) is 2. The van der Waals surface area contributed by atoms with E-state index in [1.54, 1.807) is 13.1 Å². The molecule has 1 saturated heterocycles. The second kappa shape index (κ2) is 8.46. The maximum atomic E-state index is 13.5. The van der Waals surface area contributed by atoms with Crippen LogP contribution in [0.15, 0.2) is 53.1 Å². The van der Waals surface area contributed by atoms with Gasteiger partial charge in [0.25, 0.3) is 5.91 Å². The number of rotatable bonds is 7. The molecule has 1 atom stereocenters. The highest BCUT2D eigenvalue weighted by Gasteiger charge is 2.47. The average molecular weight is 470 g/mol. The van der Waals surface area contributed by atoms with Gasteiger partial charge in [-0.2, -0.15) is 0 Å². The van der Waals surface area contributed by atoms with Crippen LogP contribution in [0.25, 0.3) is 22.4 Å². The van der Waals surface area contributed by atoms with Gasteiger partial charge in [-0.25, -0.2) is 0 Å². The van der Waals surface area contributed by atoms with Gasteiger partial charge in [0, 0.05) is 35.7 Å². The Morgan fingerprint density at radius 1 is 1.20 bits per heavy atom. The second-order valence-corrected chi connectivity index (χ2v) is 9.48. The molecule has 3 heterocycles. The van der Waals surface area contributed by atoms with Crippen molar-refractivity contribution in [2.75, 3.05) is 13.2 Å². The third-order valence-corrected chi connectivity index (χ3v) is 6.94. The number of amides is 1. The topological polar surface area (TPSA) is 102 Å². The van der Waals surface area contributed by atoms with Crippen molar-refractivity contribution in [2.45, 2.75) is 44.7 Å². The van der Waals surface area contributed by atoms with E-state index in [9.17, 15) is 4.79 Å². The van der Waals surface area contributed by atoms with Gasteiger partial charge < -0.3 is 19.8 Å². The van der Waals surface area contributed by atoms with Crippen molar-refractivity contribution >= 4 is 16.8 Å². The zero-order chi connectivity index (χ0) is 24.0. The van der Waals surface area contributed by atoms with E-state index in [1.807, 2.05) is 49.4 Å². The third-order valence-electron chi connectivity index (χ3n) is 6.94. The molecule has 2 aromatic carbocycles. The summed E-state index contributed by atoms with van der Waals surface area (Å²) in [5.41, 5.74) is 3.71. The minimum absolute atomic E-state index is 0.108. The summed E-state index contributed by atoms with van der Waals surface area (Å²) in [5, 5.41) is 15.8. The number of fused-ring (bicyclic) bond motifs is 1. The molecule has 178 valence electrons. The average Bonchev–Trinajstić information content (AvgIpc) is 3.48. The van der Waals surface area contributed by atoms with Crippen molar-refractivity contribution in [1.82, 2.24) is 25.8 Å². The largest absolute Gasteiger partial charge is 0.492 e. The molecule has 1 aliphatic carbocycles. The smallest absolute Gasteiger partial charge is 0.252 e. The number of carbonyl (C=O) groups excluding carboxylic acids is 1. The van der Waals surface area contributed by atoms with E-state index in [4.69, 9.17) is 9.15 Å². The van der Waals surface area contributed by atoms with Crippen LogP contribution in [0.3, 0.4) is 0 Å². The molecule has 6 rings (SSSR count). The minimum atomic E-state index is -0.470. The molecule has 0 bridgehead atoms. The molecule has 2 fully saturated rings. The summed E-state index contributed by atoms with van der Waals surface area (Å²) in [6.45, 7) is 5.36. The first-order valence-electron chi connectivity index (χ1n) is 12.0. The number of carbonyl (C=O) groups is 1. The maximum absolute atomic E-state index is 13.5. The Kier molecular flexibility index (Phi) is 5.25. The lowest BCUT2D eigenvalue weighted by Gasteiger charge is -2.27. The first-order chi connectivity index (χ1) is 17.0. The number of ether oxygens (including phenoxy) is 1. The van der Waals surface area contributed by atoms with Gasteiger partial charge in [0.15, 0.2) is 0 Å². The highest BCUT2D eigenvalue weighted by molar-refractivity contribution is 5.97. The number of nitrogens with zero attached hydrogens (tertiary/aromatic N) is 3. The first kappa shape index (κ1) is 21.7. The van der Waals surface area contributed by atoms with E-state index in [2.05, 4.69) is 25.8 Å². The number of aromatic nitrogens is 3. The van der Waals surface area contributed by atoms with Crippen molar-refractivity contribution < 1.29 is 13.9 Å². The number of benzene rings is 2. The number of aryl methyl sites for hydroxylation is 2. The Bertz CT molecular complexity index is 1420. The van der Waals surface area contributed by atoms with Gasteiger partial charge in [-0.3, -0.25) is 9.78 Å². The van der Waals surface area contributed by atoms with Crippen LogP contribution in [-0.4, -0.2) is 40.3 Å². The Labute approximate surface area is 203 Å². The quantitative estimate of drug-likeness (QED) is 0.421. The van der Waals surface area contributed by atoms with Crippen molar-refractivity contribution in [3.63, 3.8) is 0 Å². The van der Waals surface area contributed by atoms with E-state index < -0.39 is 5.54 Å². The van der Waals surface area contributed by atoms with Crippen molar-refractivity contribution in [2.24, 2.45) is 0 Å². The minimum Gasteiger partial charge on any atom is -0.492 e. The van der Waals surface area contributed by atoms with Crippen molar-refractivity contribution in [1.29, 1.82) is 0 Å². The van der Waals surface area contributed by atoms with E-state index in [-0.39, 0.29) is 5.91 Å². The lowest BCUT2D eigenvalue weighted by atomic mass is 9.95. The van der Waals surface area contributed by atoms with Crippen LogP contribution in [0.4, 0.5) is 0 Å². The summed E-state index contributed by atoms with van der Waals surface area (Å²) in [4.78, 5) is 18.1. The Hall–Kier alpha value is -3.78. The Morgan fingerprint density at radius 2 is 2.06 bits per heavy atom. The summed E-state index contributed by atoms with van der Waals surface area (Å²) in [6, 6.07) is 14.1. The number of hydrogen-bond acceptors (Lipinski definition) is 7.